The van der Waals surface area contributed by atoms with Crippen molar-refractivity contribution in [1.82, 2.24) is 25.9 Å². The average molecular weight is 490 g/mol. The number of aliphatic hydroxyl groups excluding tert-OH is 1. The van der Waals surface area contributed by atoms with Crippen molar-refractivity contribution in [2.24, 2.45) is 0 Å². The molecule has 190 valence electrons. The van der Waals surface area contributed by atoms with Crippen molar-refractivity contribution < 1.29 is 28.7 Å². The van der Waals surface area contributed by atoms with Gasteiger partial charge in [0.1, 0.15) is 5.58 Å². The largest absolute Gasteiger partial charge is 0.432 e. The molecule has 12 heteroatoms. The third-order valence-corrected chi connectivity index (χ3v) is 5.67. The number of amides is 4. The van der Waals surface area contributed by atoms with Gasteiger partial charge in [0.15, 0.2) is 6.23 Å². The lowest BCUT2D eigenvalue weighted by molar-refractivity contribution is -0.189. The summed E-state index contributed by atoms with van der Waals surface area (Å²) in [5.41, 5.74) is 0.774. The van der Waals surface area contributed by atoms with E-state index in [-0.39, 0.29) is 37.5 Å². The van der Waals surface area contributed by atoms with Crippen LogP contribution in [0.15, 0.2) is 33.5 Å². The van der Waals surface area contributed by atoms with Crippen molar-refractivity contribution >= 4 is 29.0 Å². The number of nitrogens with zero attached hydrogens (tertiary/aromatic N) is 2. The zero-order valence-corrected chi connectivity index (χ0v) is 19.8. The standard InChI is InChI=1S/C23H31N5O7/c1-3-27(4-2)10-9-24-22(32)25-14-17-12-16-11-15(5-6-18(16)34-21(17)31)13-26-23(33)35-28-19(29)7-8-20(28)30/h5-6,11-12,19,29H,3-4,7-10,13-14H2,1-2H3,(H,26,33)(H2,24,25,32). The van der Waals surface area contributed by atoms with E-state index in [1.54, 1.807) is 24.3 Å². The molecule has 1 aliphatic heterocycles. The van der Waals surface area contributed by atoms with Gasteiger partial charge < -0.3 is 35.2 Å². The predicted molar refractivity (Wildman–Crippen MR) is 126 cm³/mol. The van der Waals surface area contributed by atoms with E-state index in [1.165, 1.54) is 0 Å². The number of benzene rings is 1. The minimum absolute atomic E-state index is 0.00360. The highest BCUT2D eigenvalue weighted by Crippen LogP contribution is 2.18. The molecule has 35 heavy (non-hydrogen) atoms. The molecule has 1 saturated heterocycles. The van der Waals surface area contributed by atoms with E-state index < -0.39 is 23.9 Å². The number of nitrogens with one attached hydrogen (secondary N) is 3. The first-order valence-corrected chi connectivity index (χ1v) is 11.6. The lowest BCUT2D eigenvalue weighted by atomic mass is 10.1. The second-order valence-electron chi connectivity index (χ2n) is 8.04. The van der Waals surface area contributed by atoms with Crippen molar-refractivity contribution in [3.8, 4) is 0 Å². The molecule has 2 aromatic rings. The minimum Gasteiger partial charge on any atom is -0.422 e. The molecule has 0 saturated carbocycles. The fourth-order valence-corrected chi connectivity index (χ4v) is 3.61. The summed E-state index contributed by atoms with van der Waals surface area (Å²) in [6.07, 6.45) is -1.71. The molecule has 1 aromatic heterocycles. The van der Waals surface area contributed by atoms with Crippen LogP contribution < -0.4 is 21.6 Å². The molecular weight excluding hydrogens is 458 g/mol. The number of carbonyl (C=O) groups is 3. The van der Waals surface area contributed by atoms with E-state index in [0.29, 0.717) is 28.1 Å². The van der Waals surface area contributed by atoms with E-state index in [1.807, 2.05) is 0 Å². The lowest BCUT2D eigenvalue weighted by Gasteiger charge is -2.18. The van der Waals surface area contributed by atoms with E-state index in [2.05, 4.69) is 34.7 Å². The van der Waals surface area contributed by atoms with Gasteiger partial charge in [-0.15, -0.1) is 5.06 Å². The number of hydrogen-bond acceptors (Lipinski definition) is 8. The van der Waals surface area contributed by atoms with Gasteiger partial charge in [0.05, 0.1) is 12.1 Å². The molecule has 12 nitrogen and oxygen atoms in total. The Bertz CT molecular complexity index is 1120. The fourth-order valence-electron chi connectivity index (χ4n) is 3.61. The van der Waals surface area contributed by atoms with Gasteiger partial charge in [-0.25, -0.2) is 14.4 Å². The Hall–Kier alpha value is -3.64. The number of likely N-dealkylation sites (N-methyl/N-ethyl adjacent to an activating group) is 1. The highest BCUT2D eigenvalue weighted by molar-refractivity contribution is 5.80. The Balaban J connectivity index is 1.55. The van der Waals surface area contributed by atoms with E-state index in [9.17, 15) is 24.3 Å². The normalized spacial score (nSPS) is 15.5. The van der Waals surface area contributed by atoms with Gasteiger partial charge >= 0.3 is 17.7 Å². The number of hydrogen-bond donors (Lipinski definition) is 4. The molecule has 0 spiro atoms. The van der Waals surface area contributed by atoms with Crippen LogP contribution >= 0.6 is 0 Å². The topological polar surface area (TPSA) is 153 Å². The summed E-state index contributed by atoms with van der Waals surface area (Å²) < 4.78 is 5.34. The zero-order chi connectivity index (χ0) is 25.4. The van der Waals surface area contributed by atoms with Gasteiger partial charge in [-0.05, 0) is 36.9 Å². The summed E-state index contributed by atoms with van der Waals surface area (Å²) in [7, 11) is 0. The highest BCUT2D eigenvalue weighted by Gasteiger charge is 2.32. The maximum atomic E-state index is 12.3. The summed E-state index contributed by atoms with van der Waals surface area (Å²) in [6, 6.07) is 6.24. The molecule has 2 heterocycles. The van der Waals surface area contributed by atoms with Gasteiger partial charge in [0.2, 0.25) is 0 Å². The molecule has 1 atom stereocenters. The Morgan fingerprint density at radius 3 is 2.60 bits per heavy atom. The van der Waals surface area contributed by atoms with Crippen LogP contribution in [0.4, 0.5) is 9.59 Å². The monoisotopic (exact) mass is 489 g/mol. The average Bonchev–Trinajstić information content (AvgIpc) is 3.16. The van der Waals surface area contributed by atoms with Gasteiger partial charge in [-0.2, -0.15) is 0 Å². The van der Waals surface area contributed by atoms with E-state index in [4.69, 9.17) is 9.25 Å². The highest BCUT2D eigenvalue weighted by atomic mass is 16.7. The van der Waals surface area contributed by atoms with Crippen LogP contribution in [0.25, 0.3) is 11.0 Å². The van der Waals surface area contributed by atoms with E-state index >= 15 is 0 Å². The molecule has 1 fully saturated rings. The van der Waals surface area contributed by atoms with Gasteiger partial charge in [0.25, 0.3) is 5.91 Å². The summed E-state index contributed by atoms with van der Waals surface area (Å²) in [5, 5.41) is 18.8. The first-order valence-electron chi connectivity index (χ1n) is 11.6. The van der Waals surface area contributed by atoms with Crippen LogP contribution in [0.5, 0.6) is 0 Å². The van der Waals surface area contributed by atoms with Gasteiger partial charge in [-0.1, -0.05) is 19.9 Å². The van der Waals surface area contributed by atoms with Crippen molar-refractivity contribution in [1.29, 1.82) is 0 Å². The first-order chi connectivity index (χ1) is 16.8. The van der Waals surface area contributed by atoms with Crippen LogP contribution in [0.2, 0.25) is 0 Å². The summed E-state index contributed by atoms with van der Waals surface area (Å²) in [4.78, 5) is 54.9. The van der Waals surface area contributed by atoms with E-state index in [0.717, 1.165) is 19.6 Å². The smallest absolute Gasteiger partial charge is 0.422 e. The molecule has 1 aliphatic rings. The van der Waals surface area contributed by atoms with Gasteiger partial charge in [0, 0.05) is 37.9 Å². The number of urea groups is 1. The Morgan fingerprint density at radius 1 is 1.14 bits per heavy atom. The maximum absolute atomic E-state index is 12.3. The quantitative estimate of drug-likeness (QED) is 0.361. The zero-order valence-electron chi connectivity index (χ0n) is 19.8. The molecule has 0 bridgehead atoms. The number of fused-ring (bicyclic) bond motifs is 1. The molecule has 3 rings (SSSR count). The molecule has 0 aliphatic carbocycles. The Kier molecular flexibility index (Phi) is 9.04. The van der Waals surface area contributed by atoms with Crippen LogP contribution in [0.1, 0.15) is 37.8 Å². The molecule has 1 unspecified atom stereocenters. The number of aliphatic hydroxyl groups is 1. The second kappa shape index (κ2) is 12.2. The Morgan fingerprint density at radius 2 is 1.91 bits per heavy atom. The van der Waals surface area contributed by atoms with Crippen molar-refractivity contribution in [2.45, 2.75) is 46.0 Å². The minimum atomic E-state index is -1.15. The first kappa shape index (κ1) is 26.0. The van der Waals surface area contributed by atoms with Crippen LogP contribution in [-0.2, 0) is 22.7 Å². The summed E-state index contributed by atoms with van der Waals surface area (Å²) in [5.74, 6) is -0.466. The van der Waals surface area contributed by atoms with Crippen LogP contribution in [0, 0.1) is 0 Å². The molecule has 4 amide bonds. The maximum Gasteiger partial charge on any atom is 0.432 e. The fraction of sp³-hybridized carbons (Fsp3) is 0.478. The predicted octanol–water partition coefficient (Wildman–Crippen LogP) is 1.02. The van der Waals surface area contributed by atoms with Crippen molar-refractivity contribution in [3.63, 3.8) is 0 Å². The molecule has 4 N–H and O–H groups in total. The summed E-state index contributed by atoms with van der Waals surface area (Å²) >= 11 is 0. The molecule has 0 radical (unpaired) electrons. The van der Waals surface area contributed by atoms with Crippen molar-refractivity contribution in [3.05, 3.63) is 45.8 Å². The second-order valence-corrected chi connectivity index (χ2v) is 8.04. The lowest BCUT2D eigenvalue weighted by Crippen LogP contribution is -2.40. The summed E-state index contributed by atoms with van der Waals surface area (Å²) in [6.45, 7) is 7.21. The Labute approximate surface area is 202 Å². The molecule has 1 aromatic carbocycles. The number of rotatable bonds is 10. The van der Waals surface area contributed by atoms with Crippen LogP contribution in [0.3, 0.4) is 0 Å². The SMILES string of the molecule is CCN(CC)CCNC(=O)NCc1cc2cc(CNC(=O)ON3C(=O)CCC3O)ccc2oc1=O. The number of carbonyl (C=O) groups excluding carboxylic acids is 3. The van der Waals surface area contributed by atoms with Gasteiger partial charge in [-0.3, -0.25) is 4.79 Å². The van der Waals surface area contributed by atoms with Crippen molar-refractivity contribution in [2.75, 3.05) is 26.2 Å². The third kappa shape index (κ3) is 7.17. The van der Waals surface area contributed by atoms with Crippen LogP contribution in [-0.4, -0.2) is 65.5 Å². The third-order valence-electron chi connectivity index (χ3n) is 5.67. The number of hydroxylamine groups is 2. The molecular formula is C23H31N5O7.